The van der Waals surface area contributed by atoms with Crippen molar-refractivity contribution in [2.24, 2.45) is 0 Å². The number of aryl methyl sites for hydroxylation is 3. The molecule has 0 N–H and O–H groups in total. The lowest BCUT2D eigenvalue weighted by Crippen LogP contribution is -2.17. The van der Waals surface area contributed by atoms with E-state index in [9.17, 15) is 14.4 Å². The monoisotopic (exact) mass is 420 g/mol. The summed E-state index contributed by atoms with van der Waals surface area (Å²) in [4.78, 5) is 37.0. The number of fused-ring (bicyclic) bond motifs is 2. The third kappa shape index (κ3) is 4.38. The molecule has 0 saturated heterocycles. The standard InChI is InChI=1S/C25H24O6/c1-15-20-9-8-19(29-2)13-23(20)31-25(28)21(15)10-11-24(27)30-14-22(26)18-7-6-16-4-3-5-17(16)12-18/h6-9,12-13H,3-5,10-11,14H2,1-2H3. The molecule has 0 aliphatic heterocycles. The molecular weight excluding hydrogens is 396 g/mol. The van der Waals surface area contributed by atoms with E-state index in [0.29, 0.717) is 22.5 Å². The molecule has 0 unspecified atom stereocenters. The van der Waals surface area contributed by atoms with E-state index in [0.717, 1.165) is 30.2 Å². The van der Waals surface area contributed by atoms with Crippen molar-refractivity contribution < 1.29 is 23.5 Å². The van der Waals surface area contributed by atoms with Gasteiger partial charge in [0, 0.05) is 29.0 Å². The van der Waals surface area contributed by atoms with E-state index in [1.165, 1.54) is 11.1 Å². The molecule has 2 aromatic carbocycles. The number of methoxy groups -OCH3 is 1. The molecule has 0 spiro atoms. The summed E-state index contributed by atoms with van der Waals surface area (Å²) in [6.07, 6.45) is 3.32. The van der Waals surface area contributed by atoms with Crippen LogP contribution in [0.25, 0.3) is 11.0 Å². The van der Waals surface area contributed by atoms with Crippen molar-refractivity contribution in [3.8, 4) is 5.75 Å². The number of hydrogen-bond donors (Lipinski definition) is 0. The predicted octanol–water partition coefficient (Wildman–Crippen LogP) is 3.96. The lowest BCUT2D eigenvalue weighted by Gasteiger charge is -2.09. The van der Waals surface area contributed by atoms with Gasteiger partial charge in [0.15, 0.2) is 12.4 Å². The van der Waals surface area contributed by atoms with Crippen molar-refractivity contribution in [3.63, 3.8) is 0 Å². The Balaban J connectivity index is 1.38. The van der Waals surface area contributed by atoms with Crippen LogP contribution in [0.5, 0.6) is 5.75 Å². The van der Waals surface area contributed by atoms with E-state index < -0.39 is 11.6 Å². The lowest BCUT2D eigenvalue weighted by molar-refractivity contribution is -0.142. The summed E-state index contributed by atoms with van der Waals surface area (Å²) in [5.74, 6) is -0.152. The number of carbonyl (C=O) groups is 2. The minimum Gasteiger partial charge on any atom is -0.497 e. The number of hydrogen-bond acceptors (Lipinski definition) is 6. The Hall–Kier alpha value is -3.41. The molecule has 4 rings (SSSR count). The van der Waals surface area contributed by atoms with Gasteiger partial charge in [-0.25, -0.2) is 4.79 Å². The van der Waals surface area contributed by atoms with Gasteiger partial charge < -0.3 is 13.9 Å². The van der Waals surface area contributed by atoms with Crippen molar-refractivity contribution in [2.75, 3.05) is 13.7 Å². The normalized spacial score (nSPS) is 12.6. The van der Waals surface area contributed by atoms with Crippen LogP contribution in [-0.4, -0.2) is 25.5 Å². The second kappa shape index (κ2) is 8.76. The number of esters is 1. The third-order valence-electron chi connectivity index (χ3n) is 5.86. The van der Waals surface area contributed by atoms with Gasteiger partial charge in [-0.1, -0.05) is 12.1 Å². The minimum absolute atomic E-state index is 0.00920. The molecule has 0 bridgehead atoms. The van der Waals surface area contributed by atoms with Gasteiger partial charge in [0.2, 0.25) is 0 Å². The highest BCUT2D eigenvalue weighted by Gasteiger charge is 2.17. The van der Waals surface area contributed by atoms with Crippen LogP contribution in [0, 0.1) is 6.92 Å². The Morgan fingerprint density at radius 1 is 1.06 bits per heavy atom. The van der Waals surface area contributed by atoms with E-state index in [1.807, 2.05) is 25.1 Å². The van der Waals surface area contributed by atoms with Gasteiger partial charge in [-0.05, 0) is 67.5 Å². The molecule has 1 aromatic heterocycles. The fourth-order valence-corrected chi connectivity index (χ4v) is 4.06. The number of rotatable bonds is 7. The topological polar surface area (TPSA) is 82.8 Å². The average molecular weight is 420 g/mol. The largest absolute Gasteiger partial charge is 0.497 e. The molecule has 0 atom stereocenters. The average Bonchev–Trinajstić information content (AvgIpc) is 3.24. The number of Topliss-reactive ketones (excluding diaryl/α,β-unsaturated/α-hetero) is 1. The fourth-order valence-electron chi connectivity index (χ4n) is 4.06. The van der Waals surface area contributed by atoms with Crippen LogP contribution in [0.4, 0.5) is 0 Å². The van der Waals surface area contributed by atoms with Gasteiger partial charge in [0.1, 0.15) is 11.3 Å². The fraction of sp³-hybridized carbons (Fsp3) is 0.320. The second-order valence-electron chi connectivity index (χ2n) is 7.78. The summed E-state index contributed by atoms with van der Waals surface area (Å²) in [5, 5.41) is 0.788. The van der Waals surface area contributed by atoms with Gasteiger partial charge >= 0.3 is 11.6 Å². The van der Waals surface area contributed by atoms with E-state index in [-0.39, 0.29) is 25.2 Å². The Bertz CT molecular complexity index is 1220. The highest BCUT2D eigenvalue weighted by atomic mass is 16.5. The Morgan fingerprint density at radius 2 is 1.87 bits per heavy atom. The molecule has 1 aliphatic rings. The van der Waals surface area contributed by atoms with Crippen LogP contribution in [0.1, 0.15) is 45.5 Å². The van der Waals surface area contributed by atoms with Gasteiger partial charge in [0.25, 0.3) is 0 Å². The van der Waals surface area contributed by atoms with E-state index in [4.69, 9.17) is 13.9 Å². The summed E-state index contributed by atoms with van der Waals surface area (Å²) in [6, 6.07) is 10.9. The van der Waals surface area contributed by atoms with Crippen LogP contribution in [-0.2, 0) is 28.8 Å². The maximum atomic E-state index is 12.4. The van der Waals surface area contributed by atoms with Crippen molar-refractivity contribution in [3.05, 3.63) is 74.6 Å². The summed E-state index contributed by atoms with van der Waals surface area (Å²) in [7, 11) is 1.54. The Kier molecular flexibility index (Phi) is 5.89. The van der Waals surface area contributed by atoms with E-state index in [2.05, 4.69) is 0 Å². The molecule has 31 heavy (non-hydrogen) atoms. The summed E-state index contributed by atoms with van der Waals surface area (Å²) in [5.41, 5.74) is 4.20. The Labute approximate surface area is 179 Å². The molecule has 6 heteroatoms. The summed E-state index contributed by atoms with van der Waals surface area (Å²) in [6.45, 7) is 1.52. The molecule has 0 fully saturated rings. The first-order valence-corrected chi connectivity index (χ1v) is 10.4. The number of ketones is 1. The van der Waals surface area contributed by atoms with Crippen molar-refractivity contribution in [1.82, 2.24) is 0 Å². The number of benzene rings is 2. The molecule has 160 valence electrons. The maximum absolute atomic E-state index is 12.4. The van der Waals surface area contributed by atoms with Crippen LogP contribution in [0.15, 0.2) is 45.6 Å². The number of ether oxygens (including phenoxy) is 2. The highest BCUT2D eigenvalue weighted by molar-refractivity contribution is 5.98. The molecule has 1 heterocycles. The van der Waals surface area contributed by atoms with Crippen LogP contribution < -0.4 is 10.4 Å². The molecule has 0 amide bonds. The molecule has 0 saturated carbocycles. The zero-order valence-electron chi connectivity index (χ0n) is 17.7. The van der Waals surface area contributed by atoms with E-state index in [1.54, 1.807) is 25.3 Å². The van der Waals surface area contributed by atoms with Crippen LogP contribution >= 0.6 is 0 Å². The highest BCUT2D eigenvalue weighted by Crippen LogP contribution is 2.25. The number of carbonyl (C=O) groups excluding carboxylic acids is 2. The minimum atomic E-state index is -0.525. The first kappa shape index (κ1) is 20.8. The van der Waals surface area contributed by atoms with Crippen molar-refractivity contribution in [2.45, 2.75) is 39.0 Å². The molecular formula is C25H24O6. The molecule has 6 nitrogen and oxygen atoms in total. The Morgan fingerprint density at radius 3 is 2.68 bits per heavy atom. The summed E-state index contributed by atoms with van der Waals surface area (Å²) < 4.78 is 15.7. The lowest BCUT2D eigenvalue weighted by atomic mass is 10.0. The van der Waals surface area contributed by atoms with Crippen LogP contribution in [0.3, 0.4) is 0 Å². The zero-order valence-corrected chi connectivity index (χ0v) is 17.7. The molecule has 3 aromatic rings. The van der Waals surface area contributed by atoms with Gasteiger partial charge in [-0.15, -0.1) is 0 Å². The maximum Gasteiger partial charge on any atom is 0.339 e. The smallest absolute Gasteiger partial charge is 0.339 e. The van der Waals surface area contributed by atoms with Crippen molar-refractivity contribution in [1.29, 1.82) is 0 Å². The van der Waals surface area contributed by atoms with Crippen LogP contribution in [0.2, 0.25) is 0 Å². The molecule has 0 radical (unpaired) electrons. The third-order valence-corrected chi connectivity index (χ3v) is 5.86. The quantitative estimate of drug-likeness (QED) is 0.327. The van der Waals surface area contributed by atoms with Gasteiger partial charge in [0.05, 0.1) is 7.11 Å². The van der Waals surface area contributed by atoms with Gasteiger partial charge in [-0.2, -0.15) is 0 Å². The first-order chi connectivity index (χ1) is 15.0. The van der Waals surface area contributed by atoms with Crippen molar-refractivity contribution >= 4 is 22.7 Å². The van der Waals surface area contributed by atoms with E-state index >= 15 is 0 Å². The predicted molar refractivity (Wildman–Crippen MR) is 116 cm³/mol. The van der Waals surface area contributed by atoms with Gasteiger partial charge in [-0.3, -0.25) is 9.59 Å². The zero-order chi connectivity index (χ0) is 22.0. The SMILES string of the molecule is COc1ccc2c(C)c(CCC(=O)OCC(=O)c3ccc4c(c3)CCC4)c(=O)oc2c1. The summed E-state index contributed by atoms with van der Waals surface area (Å²) >= 11 is 0. The molecule has 1 aliphatic carbocycles. The second-order valence-corrected chi connectivity index (χ2v) is 7.78. The first-order valence-electron chi connectivity index (χ1n) is 10.4.